The number of nitrogens with zero attached hydrogens (tertiary/aromatic N) is 1. The highest BCUT2D eigenvalue weighted by atomic mass is 16.5. The number of carbonyl (C=O) groups excluding carboxylic acids is 1. The maximum Gasteiger partial charge on any atom is 0.306 e. The zero-order chi connectivity index (χ0) is 18.8. The number of aliphatic carboxylic acids is 1. The lowest BCUT2D eigenvalue weighted by Crippen LogP contribution is -2.33. The molecule has 26 heavy (non-hydrogen) atoms. The molecule has 1 amide bonds. The van der Waals surface area contributed by atoms with E-state index in [0.717, 1.165) is 22.8 Å². The highest BCUT2D eigenvalue weighted by molar-refractivity contribution is 5.96. The molecule has 2 N–H and O–H groups in total. The van der Waals surface area contributed by atoms with E-state index in [4.69, 9.17) is 9.84 Å². The third kappa shape index (κ3) is 3.45. The van der Waals surface area contributed by atoms with Crippen molar-refractivity contribution in [3.63, 3.8) is 0 Å². The van der Waals surface area contributed by atoms with E-state index in [1.807, 2.05) is 48.7 Å². The van der Waals surface area contributed by atoms with E-state index in [1.54, 1.807) is 7.11 Å². The summed E-state index contributed by atoms with van der Waals surface area (Å²) in [6.45, 7) is 3.88. The van der Waals surface area contributed by atoms with Gasteiger partial charge in [-0.05, 0) is 63.4 Å². The number of hydrogen-bond acceptors (Lipinski definition) is 3. The smallest absolute Gasteiger partial charge is 0.306 e. The lowest BCUT2D eigenvalue weighted by atomic mass is 10.1. The molecule has 0 spiro atoms. The SMILES string of the molecule is COc1ccc(-n2c(C)cc(C(=O)N[C@@H]3CC[C@H](C(=O)O)C3)c2C)cc1. The number of ether oxygens (including phenoxy) is 1. The van der Waals surface area contributed by atoms with Gasteiger partial charge in [0.05, 0.1) is 18.6 Å². The van der Waals surface area contributed by atoms with Crippen LogP contribution in [-0.2, 0) is 4.79 Å². The van der Waals surface area contributed by atoms with E-state index in [0.29, 0.717) is 24.8 Å². The molecule has 2 aromatic rings. The molecule has 1 saturated carbocycles. The molecular weight excluding hydrogens is 332 g/mol. The standard InChI is InChI=1S/C20H24N2O4/c1-12-10-18(19(23)21-15-5-4-14(11-15)20(24)25)13(2)22(12)16-6-8-17(26-3)9-7-16/h6-10,14-15H,4-5,11H2,1-3H3,(H,21,23)(H,24,25)/t14-,15+/m0/s1. The number of nitrogens with one attached hydrogen (secondary N) is 1. The average Bonchev–Trinajstić information content (AvgIpc) is 3.20. The summed E-state index contributed by atoms with van der Waals surface area (Å²) in [6, 6.07) is 9.48. The van der Waals surface area contributed by atoms with Gasteiger partial charge in [-0.15, -0.1) is 0 Å². The van der Waals surface area contributed by atoms with Crippen LogP contribution in [-0.4, -0.2) is 34.7 Å². The number of carbonyl (C=O) groups is 2. The van der Waals surface area contributed by atoms with Crippen LogP contribution >= 0.6 is 0 Å². The Bertz CT molecular complexity index is 823. The normalized spacial score (nSPS) is 19.3. The van der Waals surface area contributed by atoms with Crippen molar-refractivity contribution in [1.82, 2.24) is 9.88 Å². The van der Waals surface area contributed by atoms with Crippen LogP contribution in [0.1, 0.15) is 41.0 Å². The largest absolute Gasteiger partial charge is 0.497 e. The molecular formula is C20H24N2O4. The lowest BCUT2D eigenvalue weighted by Gasteiger charge is -2.13. The number of rotatable bonds is 5. The Hall–Kier alpha value is -2.76. The fourth-order valence-corrected chi connectivity index (χ4v) is 3.72. The van der Waals surface area contributed by atoms with Gasteiger partial charge in [-0.3, -0.25) is 9.59 Å². The number of aryl methyl sites for hydroxylation is 1. The van der Waals surface area contributed by atoms with Gasteiger partial charge >= 0.3 is 5.97 Å². The lowest BCUT2D eigenvalue weighted by molar-refractivity contribution is -0.141. The number of amides is 1. The molecule has 1 aliphatic carbocycles. The minimum absolute atomic E-state index is 0.0763. The van der Waals surface area contributed by atoms with Crippen LogP contribution < -0.4 is 10.1 Å². The summed E-state index contributed by atoms with van der Waals surface area (Å²) in [5.41, 5.74) is 3.41. The van der Waals surface area contributed by atoms with Crippen molar-refractivity contribution >= 4 is 11.9 Å². The Kier molecular flexibility index (Phi) is 5.02. The Morgan fingerprint density at radius 1 is 1.19 bits per heavy atom. The molecule has 3 rings (SSSR count). The molecule has 6 heteroatoms. The van der Waals surface area contributed by atoms with Crippen molar-refractivity contribution in [2.45, 2.75) is 39.2 Å². The minimum atomic E-state index is -0.778. The second kappa shape index (κ2) is 7.23. The molecule has 0 aliphatic heterocycles. The summed E-state index contributed by atoms with van der Waals surface area (Å²) < 4.78 is 7.22. The minimum Gasteiger partial charge on any atom is -0.497 e. The summed E-state index contributed by atoms with van der Waals surface area (Å²) in [6.07, 6.45) is 1.82. The highest BCUT2D eigenvalue weighted by Gasteiger charge is 2.31. The molecule has 1 aliphatic rings. The molecule has 6 nitrogen and oxygen atoms in total. The summed E-state index contributed by atoms with van der Waals surface area (Å²) in [4.78, 5) is 23.8. The number of carboxylic acid groups (broad SMARTS) is 1. The van der Waals surface area contributed by atoms with Crippen molar-refractivity contribution in [3.05, 3.63) is 47.3 Å². The van der Waals surface area contributed by atoms with Gasteiger partial charge in [0.1, 0.15) is 5.75 Å². The maximum atomic E-state index is 12.7. The predicted molar refractivity (Wildman–Crippen MR) is 98.0 cm³/mol. The molecule has 2 atom stereocenters. The van der Waals surface area contributed by atoms with E-state index >= 15 is 0 Å². The van der Waals surface area contributed by atoms with Crippen LogP contribution in [0.5, 0.6) is 5.75 Å². The van der Waals surface area contributed by atoms with Gasteiger partial charge < -0.3 is 19.7 Å². The number of methoxy groups -OCH3 is 1. The molecule has 1 aromatic carbocycles. The third-order valence-electron chi connectivity index (χ3n) is 5.12. The van der Waals surface area contributed by atoms with Crippen LogP contribution in [0.4, 0.5) is 0 Å². The maximum absolute atomic E-state index is 12.7. The summed E-state index contributed by atoms with van der Waals surface area (Å²) >= 11 is 0. The zero-order valence-electron chi connectivity index (χ0n) is 15.3. The number of benzene rings is 1. The molecule has 0 saturated heterocycles. The Balaban J connectivity index is 1.78. The second-order valence-corrected chi connectivity index (χ2v) is 6.84. The monoisotopic (exact) mass is 356 g/mol. The van der Waals surface area contributed by atoms with E-state index in [2.05, 4.69) is 5.32 Å². The van der Waals surface area contributed by atoms with Crippen molar-refractivity contribution in [3.8, 4) is 11.4 Å². The van der Waals surface area contributed by atoms with Crippen LogP contribution in [0, 0.1) is 19.8 Å². The van der Waals surface area contributed by atoms with Crippen molar-refractivity contribution in [1.29, 1.82) is 0 Å². The van der Waals surface area contributed by atoms with Crippen molar-refractivity contribution in [2.24, 2.45) is 5.92 Å². The van der Waals surface area contributed by atoms with Crippen LogP contribution in [0.2, 0.25) is 0 Å². The number of aromatic nitrogens is 1. The fraction of sp³-hybridized carbons (Fsp3) is 0.400. The number of carboxylic acids is 1. The molecule has 0 unspecified atom stereocenters. The van der Waals surface area contributed by atoms with E-state index in [1.165, 1.54) is 0 Å². The molecule has 1 fully saturated rings. The summed E-state index contributed by atoms with van der Waals surface area (Å²) in [7, 11) is 1.63. The first-order valence-corrected chi connectivity index (χ1v) is 8.77. The molecule has 0 radical (unpaired) electrons. The average molecular weight is 356 g/mol. The Morgan fingerprint density at radius 3 is 2.46 bits per heavy atom. The molecule has 1 aromatic heterocycles. The van der Waals surface area contributed by atoms with Crippen LogP contribution in [0.3, 0.4) is 0 Å². The third-order valence-corrected chi connectivity index (χ3v) is 5.12. The predicted octanol–water partition coefficient (Wildman–Crippen LogP) is 3.09. The van der Waals surface area contributed by atoms with Gasteiger partial charge in [0, 0.05) is 23.1 Å². The van der Waals surface area contributed by atoms with Gasteiger partial charge in [-0.1, -0.05) is 0 Å². The Labute approximate surface area is 152 Å². The Morgan fingerprint density at radius 2 is 1.88 bits per heavy atom. The van der Waals surface area contributed by atoms with E-state index in [9.17, 15) is 9.59 Å². The van der Waals surface area contributed by atoms with Crippen LogP contribution in [0.25, 0.3) is 5.69 Å². The van der Waals surface area contributed by atoms with Gasteiger partial charge in [-0.2, -0.15) is 0 Å². The van der Waals surface area contributed by atoms with E-state index in [-0.39, 0.29) is 17.9 Å². The van der Waals surface area contributed by atoms with Crippen molar-refractivity contribution < 1.29 is 19.4 Å². The van der Waals surface area contributed by atoms with Crippen molar-refractivity contribution in [2.75, 3.05) is 7.11 Å². The van der Waals surface area contributed by atoms with Gasteiger partial charge in [0.15, 0.2) is 0 Å². The molecule has 0 bridgehead atoms. The van der Waals surface area contributed by atoms with Gasteiger partial charge in [-0.25, -0.2) is 0 Å². The summed E-state index contributed by atoms with van der Waals surface area (Å²) in [5.74, 6) is -0.497. The fourth-order valence-electron chi connectivity index (χ4n) is 3.72. The first-order chi connectivity index (χ1) is 12.4. The van der Waals surface area contributed by atoms with Crippen LogP contribution in [0.15, 0.2) is 30.3 Å². The topological polar surface area (TPSA) is 80.6 Å². The second-order valence-electron chi connectivity index (χ2n) is 6.84. The van der Waals surface area contributed by atoms with Gasteiger partial charge in [0.2, 0.25) is 0 Å². The summed E-state index contributed by atoms with van der Waals surface area (Å²) in [5, 5.41) is 12.1. The first-order valence-electron chi connectivity index (χ1n) is 8.77. The van der Waals surface area contributed by atoms with Gasteiger partial charge in [0.25, 0.3) is 5.91 Å². The number of hydrogen-bond donors (Lipinski definition) is 2. The molecule has 138 valence electrons. The van der Waals surface area contributed by atoms with E-state index < -0.39 is 5.97 Å². The first kappa shape index (κ1) is 18.0. The molecule has 1 heterocycles. The quantitative estimate of drug-likeness (QED) is 0.863. The zero-order valence-corrected chi connectivity index (χ0v) is 15.3. The highest BCUT2D eigenvalue weighted by Crippen LogP contribution is 2.27.